The molecule has 108 valence electrons. The van der Waals surface area contributed by atoms with Crippen LogP contribution in [0.1, 0.15) is 13.8 Å². The highest BCUT2D eigenvalue weighted by molar-refractivity contribution is 7.89. The fourth-order valence-electron chi connectivity index (χ4n) is 1.23. The molecular formula is C10H20N6O2S. The molecule has 0 saturated heterocycles. The highest BCUT2D eigenvalue weighted by Gasteiger charge is 2.15. The van der Waals surface area contributed by atoms with E-state index in [4.69, 9.17) is 5.84 Å². The summed E-state index contributed by atoms with van der Waals surface area (Å²) in [7, 11) is -1.64. The molecule has 0 atom stereocenters. The number of hydrazine groups is 1. The molecule has 0 saturated carbocycles. The van der Waals surface area contributed by atoms with Crippen LogP contribution in [0, 0.1) is 0 Å². The van der Waals surface area contributed by atoms with Crippen molar-refractivity contribution in [1.29, 1.82) is 0 Å². The Balaban J connectivity index is 2.60. The second kappa shape index (κ2) is 6.75. The minimum Gasteiger partial charge on any atom is -0.303 e. The van der Waals surface area contributed by atoms with E-state index in [1.165, 1.54) is 12.4 Å². The predicted octanol–water partition coefficient (Wildman–Crippen LogP) is -0.619. The Bertz CT molecular complexity index is 487. The number of nitrogen functional groups attached to an aromatic ring is 1. The van der Waals surface area contributed by atoms with Gasteiger partial charge in [0.1, 0.15) is 4.90 Å². The molecule has 0 bridgehead atoms. The third kappa shape index (κ3) is 4.71. The lowest BCUT2D eigenvalue weighted by molar-refractivity contribution is 0.278. The zero-order chi connectivity index (χ0) is 14.5. The van der Waals surface area contributed by atoms with Crippen LogP contribution in [0.5, 0.6) is 0 Å². The molecule has 0 aromatic carbocycles. The van der Waals surface area contributed by atoms with Gasteiger partial charge < -0.3 is 4.90 Å². The maximum Gasteiger partial charge on any atom is 0.243 e. The van der Waals surface area contributed by atoms with E-state index in [1.54, 1.807) is 0 Å². The van der Waals surface area contributed by atoms with Crippen LogP contribution >= 0.6 is 0 Å². The van der Waals surface area contributed by atoms with Crippen LogP contribution in [0.3, 0.4) is 0 Å². The van der Waals surface area contributed by atoms with E-state index in [0.29, 0.717) is 19.1 Å². The number of sulfonamides is 1. The predicted molar refractivity (Wildman–Crippen MR) is 72.8 cm³/mol. The Morgan fingerprint density at radius 2 is 1.95 bits per heavy atom. The number of hydrogen-bond acceptors (Lipinski definition) is 7. The average Bonchev–Trinajstić information content (AvgIpc) is 2.38. The summed E-state index contributed by atoms with van der Waals surface area (Å²) in [4.78, 5) is 9.57. The van der Waals surface area contributed by atoms with Crippen molar-refractivity contribution in [2.75, 3.05) is 25.6 Å². The molecule has 1 aromatic rings. The molecule has 1 rings (SSSR count). The van der Waals surface area contributed by atoms with E-state index in [-0.39, 0.29) is 10.8 Å². The van der Waals surface area contributed by atoms with Gasteiger partial charge in [0.15, 0.2) is 0 Å². The van der Waals surface area contributed by atoms with E-state index in [1.807, 2.05) is 25.8 Å². The minimum absolute atomic E-state index is 0.0127. The standard InChI is InChI=1S/C10H20N6O2S/c1-8(2)16(3)5-4-14-19(17,18)9-6-12-10(15-11)13-7-9/h6-8,14H,4-5,11H2,1-3H3,(H,12,13,15). The van der Waals surface area contributed by atoms with Crippen molar-refractivity contribution in [1.82, 2.24) is 19.6 Å². The number of aromatic nitrogens is 2. The minimum atomic E-state index is -3.58. The molecule has 0 aliphatic carbocycles. The van der Waals surface area contributed by atoms with E-state index in [0.717, 1.165) is 0 Å². The van der Waals surface area contributed by atoms with E-state index < -0.39 is 10.0 Å². The number of rotatable bonds is 7. The lowest BCUT2D eigenvalue weighted by atomic mass is 10.3. The highest BCUT2D eigenvalue weighted by atomic mass is 32.2. The van der Waals surface area contributed by atoms with Crippen LogP contribution in [0.4, 0.5) is 5.95 Å². The van der Waals surface area contributed by atoms with Gasteiger partial charge in [0.2, 0.25) is 16.0 Å². The third-order valence-electron chi connectivity index (χ3n) is 2.71. The van der Waals surface area contributed by atoms with Gasteiger partial charge in [-0.25, -0.2) is 29.0 Å². The second-order valence-electron chi connectivity index (χ2n) is 4.36. The lowest BCUT2D eigenvalue weighted by Gasteiger charge is -2.20. The maximum atomic E-state index is 11.9. The van der Waals surface area contributed by atoms with Crippen molar-refractivity contribution in [3.63, 3.8) is 0 Å². The molecule has 19 heavy (non-hydrogen) atoms. The number of likely N-dealkylation sites (N-methyl/N-ethyl adjacent to an activating group) is 1. The molecule has 1 heterocycles. The molecule has 4 N–H and O–H groups in total. The molecular weight excluding hydrogens is 268 g/mol. The summed E-state index contributed by atoms with van der Waals surface area (Å²) in [6.07, 6.45) is 2.41. The van der Waals surface area contributed by atoms with Gasteiger partial charge in [-0.2, -0.15) is 0 Å². The van der Waals surface area contributed by atoms with Crippen LogP contribution in [0.15, 0.2) is 17.3 Å². The van der Waals surface area contributed by atoms with Crippen molar-refractivity contribution in [2.45, 2.75) is 24.8 Å². The Morgan fingerprint density at radius 3 is 2.42 bits per heavy atom. The fourth-order valence-corrected chi connectivity index (χ4v) is 2.14. The van der Waals surface area contributed by atoms with Crippen molar-refractivity contribution < 1.29 is 8.42 Å². The van der Waals surface area contributed by atoms with Crippen molar-refractivity contribution in [2.24, 2.45) is 5.84 Å². The van der Waals surface area contributed by atoms with Crippen LogP contribution in [-0.2, 0) is 10.0 Å². The Labute approximate surface area is 113 Å². The number of anilines is 1. The Kier molecular flexibility index (Phi) is 5.60. The van der Waals surface area contributed by atoms with Gasteiger partial charge in [-0.05, 0) is 20.9 Å². The molecule has 8 nitrogen and oxygen atoms in total. The molecule has 0 amide bonds. The maximum absolute atomic E-state index is 11.9. The van der Waals surface area contributed by atoms with E-state index in [9.17, 15) is 8.42 Å². The summed E-state index contributed by atoms with van der Waals surface area (Å²) in [5, 5.41) is 0. The largest absolute Gasteiger partial charge is 0.303 e. The summed E-state index contributed by atoms with van der Waals surface area (Å²) < 4.78 is 26.3. The van der Waals surface area contributed by atoms with E-state index >= 15 is 0 Å². The summed E-state index contributed by atoms with van der Waals surface area (Å²) in [6, 6.07) is 0.364. The van der Waals surface area contributed by atoms with Gasteiger partial charge in [0.05, 0.1) is 12.4 Å². The molecule has 0 aliphatic rings. The van der Waals surface area contributed by atoms with Gasteiger partial charge in [-0.1, -0.05) is 0 Å². The SMILES string of the molecule is CC(C)N(C)CCNS(=O)(=O)c1cnc(NN)nc1. The molecule has 0 aliphatic heterocycles. The topological polar surface area (TPSA) is 113 Å². The van der Waals surface area contributed by atoms with Gasteiger partial charge in [-0.15, -0.1) is 0 Å². The summed E-state index contributed by atoms with van der Waals surface area (Å²) in [5.41, 5.74) is 2.23. The highest BCUT2D eigenvalue weighted by Crippen LogP contribution is 2.06. The summed E-state index contributed by atoms with van der Waals surface area (Å²) >= 11 is 0. The second-order valence-corrected chi connectivity index (χ2v) is 6.13. The first-order valence-electron chi connectivity index (χ1n) is 5.85. The molecule has 0 unspecified atom stereocenters. The van der Waals surface area contributed by atoms with Crippen LogP contribution < -0.4 is 16.0 Å². The van der Waals surface area contributed by atoms with E-state index in [2.05, 4.69) is 20.1 Å². The fraction of sp³-hybridized carbons (Fsp3) is 0.600. The van der Waals surface area contributed by atoms with Gasteiger partial charge in [-0.3, -0.25) is 5.43 Å². The number of hydrogen-bond donors (Lipinski definition) is 3. The zero-order valence-electron chi connectivity index (χ0n) is 11.3. The van der Waals surface area contributed by atoms with Crippen molar-refractivity contribution in [3.8, 4) is 0 Å². The van der Waals surface area contributed by atoms with Crippen molar-refractivity contribution in [3.05, 3.63) is 12.4 Å². The summed E-state index contributed by atoms with van der Waals surface area (Å²) in [5.74, 6) is 5.27. The number of nitrogens with one attached hydrogen (secondary N) is 2. The molecule has 0 radical (unpaired) electrons. The molecule has 1 aromatic heterocycles. The van der Waals surface area contributed by atoms with Crippen LogP contribution in [0.2, 0.25) is 0 Å². The Hall–Kier alpha value is -1.29. The number of nitrogens with zero attached hydrogens (tertiary/aromatic N) is 3. The Morgan fingerprint density at radius 1 is 1.37 bits per heavy atom. The molecule has 0 fully saturated rings. The smallest absolute Gasteiger partial charge is 0.243 e. The quantitative estimate of drug-likeness (QED) is 0.452. The van der Waals surface area contributed by atoms with Gasteiger partial charge in [0, 0.05) is 19.1 Å². The first kappa shape index (κ1) is 15.8. The van der Waals surface area contributed by atoms with Gasteiger partial charge in [0.25, 0.3) is 0 Å². The van der Waals surface area contributed by atoms with Crippen LogP contribution in [0.25, 0.3) is 0 Å². The number of nitrogens with two attached hydrogens (primary N) is 1. The average molecular weight is 288 g/mol. The zero-order valence-corrected chi connectivity index (χ0v) is 12.1. The molecule has 0 spiro atoms. The third-order valence-corrected chi connectivity index (χ3v) is 4.12. The molecule has 9 heteroatoms. The van der Waals surface area contributed by atoms with Gasteiger partial charge >= 0.3 is 0 Å². The lowest BCUT2D eigenvalue weighted by Crippen LogP contribution is -2.36. The first-order valence-corrected chi connectivity index (χ1v) is 7.33. The monoisotopic (exact) mass is 288 g/mol. The van der Waals surface area contributed by atoms with Crippen molar-refractivity contribution >= 4 is 16.0 Å². The van der Waals surface area contributed by atoms with Crippen LogP contribution in [-0.4, -0.2) is 49.5 Å². The summed E-state index contributed by atoms with van der Waals surface area (Å²) in [6.45, 7) is 5.04. The normalized spacial score (nSPS) is 12.1. The first-order chi connectivity index (χ1) is 8.86.